The third-order valence-corrected chi connectivity index (χ3v) is 3.00. The van der Waals surface area contributed by atoms with Crippen molar-refractivity contribution in [2.24, 2.45) is 0 Å². The highest BCUT2D eigenvalue weighted by atomic mass is 19.1. The molecule has 0 atom stereocenters. The summed E-state index contributed by atoms with van der Waals surface area (Å²) >= 11 is 0. The van der Waals surface area contributed by atoms with Crippen LogP contribution in [0, 0.1) is 5.82 Å². The number of Topliss-reactive ketones (excluding diaryl/α,β-unsaturated/α-hetero) is 1. The number of hydrogen-bond donors (Lipinski definition) is 0. The van der Waals surface area contributed by atoms with E-state index < -0.39 is 0 Å². The molecule has 0 radical (unpaired) electrons. The maximum atomic E-state index is 13.3. The number of rotatable bonds is 4. The van der Waals surface area contributed by atoms with Crippen LogP contribution in [0.25, 0.3) is 11.1 Å². The number of carbonyl (C=O) groups excluding carboxylic acids is 1. The molecule has 0 amide bonds. The summed E-state index contributed by atoms with van der Waals surface area (Å²) in [5.74, 6) is 0.387. The molecule has 0 N–H and O–H groups in total. The topological polar surface area (TPSA) is 26.3 Å². The van der Waals surface area contributed by atoms with Gasteiger partial charge in [-0.2, -0.15) is 0 Å². The number of methoxy groups -OCH3 is 1. The van der Waals surface area contributed by atoms with Crippen LogP contribution >= 0.6 is 0 Å². The Bertz CT molecular complexity index is 588. The fourth-order valence-electron chi connectivity index (χ4n) is 1.95. The van der Waals surface area contributed by atoms with E-state index in [9.17, 15) is 9.18 Å². The molecule has 2 nitrogen and oxygen atoms in total. The number of halogens is 1. The molecule has 0 unspecified atom stereocenters. The second-order valence-corrected chi connectivity index (χ2v) is 4.20. The first-order valence-electron chi connectivity index (χ1n) is 6.13. The third-order valence-electron chi connectivity index (χ3n) is 3.00. The molecule has 0 saturated carbocycles. The highest BCUT2D eigenvalue weighted by Crippen LogP contribution is 2.30. The zero-order valence-corrected chi connectivity index (χ0v) is 10.9. The summed E-state index contributed by atoms with van der Waals surface area (Å²) in [5.41, 5.74) is 2.17. The van der Waals surface area contributed by atoms with Crippen molar-refractivity contribution < 1.29 is 13.9 Å². The summed E-state index contributed by atoms with van der Waals surface area (Å²) in [7, 11) is 1.55. The molecule has 98 valence electrons. The Morgan fingerprint density at radius 2 is 1.84 bits per heavy atom. The van der Waals surface area contributed by atoms with E-state index >= 15 is 0 Å². The van der Waals surface area contributed by atoms with Gasteiger partial charge in [0.05, 0.1) is 7.11 Å². The Labute approximate surface area is 111 Å². The summed E-state index contributed by atoms with van der Waals surface area (Å²) < 4.78 is 18.5. The molecule has 0 bridgehead atoms. The second kappa shape index (κ2) is 5.65. The summed E-state index contributed by atoms with van der Waals surface area (Å²) in [6.45, 7) is 1.83. The van der Waals surface area contributed by atoms with Crippen LogP contribution in [0.15, 0.2) is 42.5 Å². The minimum absolute atomic E-state index is 0.0951. The van der Waals surface area contributed by atoms with Gasteiger partial charge in [-0.15, -0.1) is 0 Å². The summed E-state index contributed by atoms with van der Waals surface area (Å²) in [5, 5.41) is 0. The first-order valence-corrected chi connectivity index (χ1v) is 6.13. The highest BCUT2D eigenvalue weighted by molar-refractivity contribution is 5.96. The fraction of sp³-hybridized carbons (Fsp3) is 0.188. The van der Waals surface area contributed by atoms with Crippen LogP contribution in [0.3, 0.4) is 0 Å². The number of benzene rings is 2. The Hall–Kier alpha value is -2.16. The molecule has 0 aliphatic carbocycles. The van der Waals surface area contributed by atoms with Crippen LogP contribution in [-0.2, 0) is 0 Å². The van der Waals surface area contributed by atoms with Crippen LogP contribution in [0.5, 0.6) is 5.75 Å². The molecule has 0 aliphatic heterocycles. The van der Waals surface area contributed by atoms with Crippen molar-refractivity contribution in [3.8, 4) is 16.9 Å². The average molecular weight is 258 g/mol. The minimum atomic E-state index is -0.315. The molecular formula is C16H15FO2. The number of hydrogen-bond acceptors (Lipinski definition) is 2. The van der Waals surface area contributed by atoms with Crippen LogP contribution in [0.1, 0.15) is 23.7 Å². The van der Waals surface area contributed by atoms with Gasteiger partial charge in [-0.05, 0) is 23.8 Å². The molecule has 2 aromatic carbocycles. The Morgan fingerprint density at radius 1 is 1.16 bits per heavy atom. The van der Waals surface area contributed by atoms with Crippen LogP contribution in [0.2, 0.25) is 0 Å². The molecular weight excluding hydrogens is 243 g/mol. The lowest BCUT2D eigenvalue weighted by molar-refractivity contribution is 0.0988. The van der Waals surface area contributed by atoms with E-state index in [0.717, 1.165) is 5.56 Å². The van der Waals surface area contributed by atoms with Crippen molar-refractivity contribution >= 4 is 5.78 Å². The summed E-state index contributed by atoms with van der Waals surface area (Å²) in [4.78, 5) is 11.6. The van der Waals surface area contributed by atoms with E-state index in [-0.39, 0.29) is 11.6 Å². The number of carbonyl (C=O) groups is 1. The molecule has 19 heavy (non-hydrogen) atoms. The van der Waals surface area contributed by atoms with Gasteiger partial charge in [0.15, 0.2) is 5.78 Å². The van der Waals surface area contributed by atoms with E-state index in [1.165, 1.54) is 12.1 Å². The number of ketones is 1. The van der Waals surface area contributed by atoms with Crippen molar-refractivity contribution in [1.82, 2.24) is 0 Å². The maximum absolute atomic E-state index is 13.3. The van der Waals surface area contributed by atoms with Gasteiger partial charge < -0.3 is 4.74 Å². The molecule has 0 aromatic heterocycles. The lowest BCUT2D eigenvalue weighted by Gasteiger charge is -2.09. The van der Waals surface area contributed by atoms with Crippen molar-refractivity contribution in [2.75, 3.05) is 7.11 Å². The highest BCUT2D eigenvalue weighted by Gasteiger charge is 2.08. The average Bonchev–Trinajstić information content (AvgIpc) is 2.46. The van der Waals surface area contributed by atoms with Gasteiger partial charge in [0, 0.05) is 17.5 Å². The molecule has 0 aliphatic rings. The van der Waals surface area contributed by atoms with E-state index in [0.29, 0.717) is 23.3 Å². The van der Waals surface area contributed by atoms with Gasteiger partial charge in [0.25, 0.3) is 0 Å². The van der Waals surface area contributed by atoms with Gasteiger partial charge in [-0.1, -0.05) is 31.2 Å². The third kappa shape index (κ3) is 2.81. The SMILES string of the molecule is CCC(=O)c1ccc(-c2cc(F)ccc2OC)cc1. The fourth-order valence-corrected chi connectivity index (χ4v) is 1.95. The molecule has 2 aromatic rings. The van der Waals surface area contributed by atoms with Crippen LogP contribution < -0.4 is 4.74 Å². The standard InChI is InChI=1S/C16H15FO2/c1-3-15(18)12-6-4-11(5-7-12)14-10-13(17)8-9-16(14)19-2/h4-10H,3H2,1-2H3. The minimum Gasteiger partial charge on any atom is -0.496 e. The van der Waals surface area contributed by atoms with Crippen molar-refractivity contribution in [2.45, 2.75) is 13.3 Å². The molecule has 0 heterocycles. The van der Waals surface area contributed by atoms with Gasteiger partial charge in [-0.3, -0.25) is 4.79 Å². The zero-order chi connectivity index (χ0) is 13.8. The maximum Gasteiger partial charge on any atom is 0.162 e. The first-order chi connectivity index (χ1) is 9.15. The van der Waals surface area contributed by atoms with Gasteiger partial charge in [0.2, 0.25) is 0 Å². The first kappa shape index (κ1) is 13.3. The van der Waals surface area contributed by atoms with E-state index in [1.807, 2.05) is 6.92 Å². The summed E-state index contributed by atoms with van der Waals surface area (Å²) in [6, 6.07) is 11.5. The van der Waals surface area contributed by atoms with E-state index in [4.69, 9.17) is 4.74 Å². The van der Waals surface area contributed by atoms with Gasteiger partial charge in [0.1, 0.15) is 11.6 Å². The van der Waals surface area contributed by atoms with Gasteiger partial charge >= 0.3 is 0 Å². The molecule has 3 heteroatoms. The predicted octanol–water partition coefficient (Wildman–Crippen LogP) is 4.09. The predicted molar refractivity (Wildman–Crippen MR) is 73.0 cm³/mol. The monoisotopic (exact) mass is 258 g/mol. The Balaban J connectivity index is 2.42. The zero-order valence-electron chi connectivity index (χ0n) is 10.9. The Morgan fingerprint density at radius 3 is 2.42 bits per heavy atom. The lowest BCUT2D eigenvalue weighted by atomic mass is 10.0. The van der Waals surface area contributed by atoms with Crippen LogP contribution in [-0.4, -0.2) is 12.9 Å². The summed E-state index contributed by atoms with van der Waals surface area (Å²) in [6.07, 6.45) is 0.475. The van der Waals surface area contributed by atoms with Crippen molar-refractivity contribution in [1.29, 1.82) is 0 Å². The molecule has 0 saturated heterocycles. The van der Waals surface area contributed by atoms with Crippen LogP contribution in [0.4, 0.5) is 4.39 Å². The second-order valence-electron chi connectivity index (χ2n) is 4.20. The number of ether oxygens (including phenoxy) is 1. The largest absolute Gasteiger partial charge is 0.496 e. The Kier molecular flexibility index (Phi) is 3.95. The molecule has 0 spiro atoms. The normalized spacial score (nSPS) is 10.3. The smallest absolute Gasteiger partial charge is 0.162 e. The van der Waals surface area contributed by atoms with Crippen molar-refractivity contribution in [3.05, 3.63) is 53.8 Å². The van der Waals surface area contributed by atoms with E-state index in [1.54, 1.807) is 37.4 Å². The lowest BCUT2D eigenvalue weighted by Crippen LogP contribution is -1.96. The molecule has 2 rings (SSSR count). The quantitative estimate of drug-likeness (QED) is 0.772. The van der Waals surface area contributed by atoms with E-state index in [2.05, 4.69) is 0 Å². The van der Waals surface area contributed by atoms with Gasteiger partial charge in [-0.25, -0.2) is 4.39 Å². The molecule has 0 fully saturated rings. The van der Waals surface area contributed by atoms with Crippen molar-refractivity contribution in [3.63, 3.8) is 0 Å².